The van der Waals surface area contributed by atoms with E-state index in [2.05, 4.69) is 38.1 Å². The minimum atomic E-state index is 1.00. The third-order valence-corrected chi connectivity index (χ3v) is 3.19. The SMILES string of the molecule is CC.CCCCCCCCCc1ccc(C)cc1.CO. The van der Waals surface area contributed by atoms with Gasteiger partial charge in [0.05, 0.1) is 0 Å². The first-order valence-corrected chi connectivity index (χ1v) is 8.33. The Bertz CT molecular complexity index is 264. The maximum Gasteiger partial charge on any atom is 0.0319 e. The van der Waals surface area contributed by atoms with E-state index in [4.69, 9.17) is 5.11 Å². The molecule has 0 unspecified atom stereocenters. The van der Waals surface area contributed by atoms with E-state index in [9.17, 15) is 0 Å². The van der Waals surface area contributed by atoms with Gasteiger partial charge >= 0.3 is 0 Å². The maximum absolute atomic E-state index is 7.00. The molecule has 0 atom stereocenters. The van der Waals surface area contributed by atoms with Crippen molar-refractivity contribution < 1.29 is 5.11 Å². The summed E-state index contributed by atoms with van der Waals surface area (Å²) in [5.74, 6) is 0. The number of aryl methyl sites for hydroxylation is 2. The van der Waals surface area contributed by atoms with Crippen LogP contribution in [0, 0.1) is 6.92 Å². The molecule has 0 bridgehead atoms. The molecule has 1 rings (SSSR count). The number of unbranched alkanes of at least 4 members (excludes halogenated alkanes) is 6. The summed E-state index contributed by atoms with van der Waals surface area (Å²) in [6.07, 6.45) is 11.1. The lowest BCUT2D eigenvalue weighted by Gasteiger charge is -2.02. The first-order chi connectivity index (χ1) is 9.83. The molecule has 0 amide bonds. The molecule has 0 heterocycles. The summed E-state index contributed by atoms with van der Waals surface area (Å²) in [6.45, 7) is 8.43. The van der Waals surface area contributed by atoms with Crippen molar-refractivity contribution in [3.05, 3.63) is 35.4 Å². The lowest BCUT2D eigenvalue weighted by atomic mass is 10.0. The fourth-order valence-electron chi connectivity index (χ4n) is 2.04. The van der Waals surface area contributed by atoms with Crippen LogP contribution in [0.4, 0.5) is 0 Å². The van der Waals surface area contributed by atoms with Gasteiger partial charge in [0.2, 0.25) is 0 Å². The third-order valence-electron chi connectivity index (χ3n) is 3.19. The number of aliphatic hydroxyl groups excluding tert-OH is 1. The molecule has 20 heavy (non-hydrogen) atoms. The van der Waals surface area contributed by atoms with Crippen molar-refractivity contribution in [1.29, 1.82) is 0 Å². The van der Waals surface area contributed by atoms with E-state index in [1.165, 1.54) is 62.5 Å². The Balaban J connectivity index is 0. The Morgan fingerprint density at radius 3 is 1.70 bits per heavy atom. The van der Waals surface area contributed by atoms with Crippen LogP contribution < -0.4 is 0 Å². The van der Waals surface area contributed by atoms with Gasteiger partial charge in [-0.2, -0.15) is 0 Å². The quantitative estimate of drug-likeness (QED) is 0.586. The second-order valence-electron chi connectivity index (χ2n) is 4.86. The van der Waals surface area contributed by atoms with Gasteiger partial charge in [-0.15, -0.1) is 0 Å². The van der Waals surface area contributed by atoms with Crippen molar-refractivity contribution in [2.24, 2.45) is 0 Å². The Kier molecular flexibility index (Phi) is 19.5. The average Bonchev–Trinajstić information content (AvgIpc) is 2.52. The van der Waals surface area contributed by atoms with E-state index in [1.807, 2.05) is 13.8 Å². The predicted molar refractivity (Wildman–Crippen MR) is 92.4 cm³/mol. The molecule has 1 nitrogen and oxygen atoms in total. The van der Waals surface area contributed by atoms with Crippen LogP contribution in [-0.2, 0) is 6.42 Å². The van der Waals surface area contributed by atoms with Crippen LogP contribution in [0.15, 0.2) is 24.3 Å². The van der Waals surface area contributed by atoms with Crippen LogP contribution in [0.25, 0.3) is 0 Å². The Morgan fingerprint density at radius 1 is 0.750 bits per heavy atom. The predicted octanol–water partition coefficient (Wildman–Crippen LogP) is 5.92. The first-order valence-electron chi connectivity index (χ1n) is 8.33. The van der Waals surface area contributed by atoms with Crippen LogP contribution in [0.5, 0.6) is 0 Å². The van der Waals surface area contributed by atoms with Crippen molar-refractivity contribution in [2.45, 2.75) is 79.1 Å². The summed E-state index contributed by atoms with van der Waals surface area (Å²) >= 11 is 0. The summed E-state index contributed by atoms with van der Waals surface area (Å²) in [5, 5.41) is 7.00. The van der Waals surface area contributed by atoms with E-state index >= 15 is 0 Å². The van der Waals surface area contributed by atoms with Gasteiger partial charge in [0.1, 0.15) is 0 Å². The zero-order chi connectivity index (χ0) is 15.6. The molecule has 0 radical (unpaired) electrons. The summed E-state index contributed by atoms with van der Waals surface area (Å²) in [6, 6.07) is 8.98. The molecule has 0 spiro atoms. The second kappa shape index (κ2) is 18.2. The molecule has 0 saturated heterocycles. The molecule has 1 aromatic carbocycles. The van der Waals surface area contributed by atoms with Gasteiger partial charge in [-0.1, -0.05) is 89.1 Å². The molecule has 118 valence electrons. The largest absolute Gasteiger partial charge is 0.400 e. The van der Waals surface area contributed by atoms with Crippen molar-refractivity contribution in [2.75, 3.05) is 7.11 Å². The highest BCUT2D eigenvalue weighted by atomic mass is 16.2. The Labute approximate surface area is 127 Å². The molecule has 0 aromatic heterocycles. The van der Waals surface area contributed by atoms with E-state index in [-0.39, 0.29) is 0 Å². The standard InChI is InChI=1S/C16H26.C2H6.CH4O/c1-3-4-5-6-7-8-9-10-16-13-11-15(2)12-14-16;2*1-2/h11-14H,3-10H2,1-2H3;1-2H3;2H,1H3. The van der Waals surface area contributed by atoms with Crippen LogP contribution >= 0.6 is 0 Å². The van der Waals surface area contributed by atoms with Gasteiger partial charge in [-0.25, -0.2) is 0 Å². The first kappa shape index (κ1) is 21.5. The topological polar surface area (TPSA) is 20.2 Å². The summed E-state index contributed by atoms with van der Waals surface area (Å²) in [7, 11) is 1.00. The van der Waals surface area contributed by atoms with Crippen molar-refractivity contribution in [1.82, 2.24) is 0 Å². The lowest BCUT2D eigenvalue weighted by molar-refractivity contribution is 0.399. The minimum Gasteiger partial charge on any atom is -0.400 e. The zero-order valence-corrected chi connectivity index (χ0v) is 14.4. The lowest BCUT2D eigenvalue weighted by Crippen LogP contribution is -1.86. The fourth-order valence-corrected chi connectivity index (χ4v) is 2.04. The van der Waals surface area contributed by atoms with Crippen molar-refractivity contribution >= 4 is 0 Å². The van der Waals surface area contributed by atoms with Gasteiger partial charge < -0.3 is 5.11 Å². The number of benzene rings is 1. The Morgan fingerprint density at radius 2 is 1.20 bits per heavy atom. The highest BCUT2D eigenvalue weighted by Crippen LogP contribution is 2.11. The van der Waals surface area contributed by atoms with Crippen LogP contribution in [0.2, 0.25) is 0 Å². The van der Waals surface area contributed by atoms with E-state index in [0.29, 0.717) is 0 Å². The summed E-state index contributed by atoms with van der Waals surface area (Å²) < 4.78 is 0. The smallest absolute Gasteiger partial charge is 0.0319 e. The van der Waals surface area contributed by atoms with Gasteiger partial charge in [0, 0.05) is 7.11 Å². The van der Waals surface area contributed by atoms with E-state index in [0.717, 1.165) is 7.11 Å². The van der Waals surface area contributed by atoms with Gasteiger partial charge in [0.25, 0.3) is 0 Å². The second-order valence-corrected chi connectivity index (χ2v) is 4.86. The molecule has 0 aliphatic heterocycles. The molecule has 0 fully saturated rings. The average molecular weight is 280 g/mol. The van der Waals surface area contributed by atoms with Crippen LogP contribution in [0.1, 0.15) is 76.8 Å². The minimum absolute atomic E-state index is 1.00. The number of hydrogen-bond donors (Lipinski definition) is 1. The number of hydrogen-bond acceptors (Lipinski definition) is 1. The molecular formula is C19H36O. The summed E-state index contributed by atoms with van der Waals surface area (Å²) in [5.41, 5.74) is 2.86. The molecule has 1 N–H and O–H groups in total. The van der Waals surface area contributed by atoms with Gasteiger partial charge in [-0.3, -0.25) is 0 Å². The van der Waals surface area contributed by atoms with Crippen LogP contribution in [-0.4, -0.2) is 12.2 Å². The monoisotopic (exact) mass is 280 g/mol. The molecule has 1 heteroatoms. The number of rotatable bonds is 8. The third kappa shape index (κ3) is 13.6. The normalized spacial score (nSPS) is 9.10. The van der Waals surface area contributed by atoms with Crippen molar-refractivity contribution in [3.8, 4) is 0 Å². The molecule has 1 aromatic rings. The van der Waals surface area contributed by atoms with Crippen molar-refractivity contribution in [3.63, 3.8) is 0 Å². The van der Waals surface area contributed by atoms with E-state index < -0.39 is 0 Å². The van der Waals surface area contributed by atoms with Gasteiger partial charge in [0.15, 0.2) is 0 Å². The highest BCUT2D eigenvalue weighted by Gasteiger charge is 1.94. The molecule has 0 saturated carbocycles. The highest BCUT2D eigenvalue weighted by molar-refractivity contribution is 5.21. The maximum atomic E-state index is 7.00. The number of aliphatic hydroxyl groups is 1. The fraction of sp³-hybridized carbons (Fsp3) is 0.684. The summed E-state index contributed by atoms with van der Waals surface area (Å²) in [4.78, 5) is 0. The van der Waals surface area contributed by atoms with Crippen LogP contribution in [0.3, 0.4) is 0 Å². The Hall–Kier alpha value is -0.820. The molecular weight excluding hydrogens is 244 g/mol. The van der Waals surface area contributed by atoms with Gasteiger partial charge in [-0.05, 0) is 25.3 Å². The molecule has 0 aliphatic rings. The van der Waals surface area contributed by atoms with E-state index in [1.54, 1.807) is 0 Å². The molecule has 0 aliphatic carbocycles. The zero-order valence-electron chi connectivity index (χ0n) is 14.4.